The molecular formula is C14H15Cl2N3O. The fourth-order valence-electron chi connectivity index (χ4n) is 1.79. The lowest BCUT2D eigenvalue weighted by Crippen LogP contribution is -2.11. The standard InChI is InChI=1S/C14H15Cl2N3O/c1-2-4-14(20)17-13-7-8-19(18-13)9-10-11(15)5-3-6-12(10)16/h3,5-8H,2,4,9H2,1H3,(H,17,18,20). The lowest BCUT2D eigenvalue weighted by atomic mass is 10.2. The Morgan fingerprint density at radius 1 is 1.30 bits per heavy atom. The quantitative estimate of drug-likeness (QED) is 0.908. The predicted octanol–water partition coefficient (Wildman–Crippen LogP) is 3.98. The topological polar surface area (TPSA) is 46.9 Å². The SMILES string of the molecule is CCCC(=O)Nc1ccn(Cc2c(Cl)cccc2Cl)n1. The third-order valence-electron chi connectivity index (χ3n) is 2.77. The maximum absolute atomic E-state index is 11.5. The molecule has 1 heterocycles. The molecule has 6 heteroatoms. The van der Waals surface area contributed by atoms with Crippen LogP contribution >= 0.6 is 23.2 Å². The van der Waals surface area contributed by atoms with Gasteiger partial charge in [0.05, 0.1) is 6.54 Å². The molecule has 0 spiro atoms. The number of benzene rings is 1. The third kappa shape index (κ3) is 3.74. The second-order valence-corrected chi connectivity index (χ2v) is 5.21. The Hall–Kier alpha value is -1.52. The Bertz CT molecular complexity index is 590. The number of amides is 1. The summed E-state index contributed by atoms with van der Waals surface area (Å²) in [6.45, 7) is 2.42. The molecule has 0 saturated heterocycles. The lowest BCUT2D eigenvalue weighted by Gasteiger charge is -2.07. The molecule has 0 radical (unpaired) electrons. The van der Waals surface area contributed by atoms with Crippen LogP contribution in [0.4, 0.5) is 5.82 Å². The molecule has 2 rings (SSSR count). The molecule has 0 unspecified atom stereocenters. The van der Waals surface area contributed by atoms with Crippen LogP contribution in [-0.4, -0.2) is 15.7 Å². The van der Waals surface area contributed by atoms with E-state index in [-0.39, 0.29) is 5.91 Å². The van der Waals surface area contributed by atoms with Crippen molar-refractivity contribution >= 4 is 34.9 Å². The molecule has 0 aliphatic carbocycles. The summed E-state index contributed by atoms with van der Waals surface area (Å²) in [7, 11) is 0. The molecule has 2 aromatic rings. The summed E-state index contributed by atoms with van der Waals surface area (Å²) >= 11 is 12.2. The van der Waals surface area contributed by atoms with Gasteiger partial charge in [-0.1, -0.05) is 36.2 Å². The van der Waals surface area contributed by atoms with Gasteiger partial charge in [0, 0.05) is 34.3 Å². The number of hydrogen-bond donors (Lipinski definition) is 1. The van der Waals surface area contributed by atoms with Gasteiger partial charge in [-0.3, -0.25) is 9.48 Å². The molecule has 106 valence electrons. The van der Waals surface area contributed by atoms with Crippen molar-refractivity contribution in [3.63, 3.8) is 0 Å². The summed E-state index contributed by atoms with van der Waals surface area (Å²) in [6.07, 6.45) is 3.08. The fraction of sp³-hybridized carbons (Fsp3) is 0.286. The van der Waals surface area contributed by atoms with Crippen molar-refractivity contribution < 1.29 is 4.79 Å². The van der Waals surface area contributed by atoms with E-state index in [2.05, 4.69) is 10.4 Å². The van der Waals surface area contributed by atoms with Crippen molar-refractivity contribution in [2.45, 2.75) is 26.3 Å². The number of aromatic nitrogens is 2. The van der Waals surface area contributed by atoms with Crippen LogP contribution < -0.4 is 5.32 Å². The number of anilines is 1. The summed E-state index contributed by atoms with van der Waals surface area (Å²) in [5.74, 6) is 0.500. The number of nitrogens with zero attached hydrogens (tertiary/aromatic N) is 2. The van der Waals surface area contributed by atoms with E-state index in [0.717, 1.165) is 12.0 Å². The van der Waals surface area contributed by atoms with Crippen LogP contribution in [0.25, 0.3) is 0 Å². The van der Waals surface area contributed by atoms with Gasteiger partial charge in [-0.2, -0.15) is 5.10 Å². The fourth-order valence-corrected chi connectivity index (χ4v) is 2.31. The first kappa shape index (κ1) is 14.9. The summed E-state index contributed by atoms with van der Waals surface area (Å²) in [5.41, 5.74) is 0.811. The minimum atomic E-state index is -0.0338. The molecule has 1 amide bonds. The van der Waals surface area contributed by atoms with Crippen LogP contribution in [0, 0.1) is 0 Å². The largest absolute Gasteiger partial charge is 0.309 e. The molecule has 4 nitrogen and oxygen atoms in total. The lowest BCUT2D eigenvalue weighted by molar-refractivity contribution is -0.116. The Balaban J connectivity index is 2.08. The number of rotatable bonds is 5. The van der Waals surface area contributed by atoms with Gasteiger partial charge in [0.15, 0.2) is 5.82 Å². The molecule has 0 saturated carbocycles. The molecule has 20 heavy (non-hydrogen) atoms. The van der Waals surface area contributed by atoms with Crippen molar-refractivity contribution in [2.75, 3.05) is 5.32 Å². The molecule has 1 aromatic carbocycles. The number of halogens is 2. The van der Waals surface area contributed by atoms with Crippen molar-refractivity contribution in [2.24, 2.45) is 0 Å². The number of carbonyl (C=O) groups is 1. The Morgan fingerprint density at radius 2 is 2.00 bits per heavy atom. The number of hydrogen-bond acceptors (Lipinski definition) is 2. The van der Waals surface area contributed by atoms with E-state index in [0.29, 0.717) is 28.8 Å². The molecule has 0 atom stereocenters. The number of nitrogens with one attached hydrogen (secondary N) is 1. The van der Waals surface area contributed by atoms with E-state index in [1.165, 1.54) is 0 Å². The van der Waals surface area contributed by atoms with Gasteiger partial charge >= 0.3 is 0 Å². The van der Waals surface area contributed by atoms with Crippen molar-refractivity contribution in [1.82, 2.24) is 9.78 Å². The Labute approximate surface area is 127 Å². The molecule has 1 aromatic heterocycles. The molecule has 0 aliphatic heterocycles. The zero-order chi connectivity index (χ0) is 14.5. The molecule has 0 fully saturated rings. The van der Waals surface area contributed by atoms with Crippen LogP contribution in [0.3, 0.4) is 0 Å². The maximum atomic E-state index is 11.5. The van der Waals surface area contributed by atoms with Gasteiger partial charge < -0.3 is 5.32 Å². The maximum Gasteiger partial charge on any atom is 0.225 e. The summed E-state index contributed by atoms with van der Waals surface area (Å²) in [5, 5.41) is 8.22. The minimum absolute atomic E-state index is 0.0338. The zero-order valence-corrected chi connectivity index (χ0v) is 12.6. The average molecular weight is 312 g/mol. The second-order valence-electron chi connectivity index (χ2n) is 4.40. The van der Waals surface area contributed by atoms with Gasteiger partial charge in [0.1, 0.15) is 0 Å². The van der Waals surface area contributed by atoms with Crippen LogP contribution in [-0.2, 0) is 11.3 Å². The Morgan fingerprint density at radius 3 is 2.65 bits per heavy atom. The van der Waals surface area contributed by atoms with Gasteiger partial charge in [-0.15, -0.1) is 0 Å². The smallest absolute Gasteiger partial charge is 0.225 e. The summed E-state index contributed by atoms with van der Waals surface area (Å²) < 4.78 is 1.69. The first-order chi connectivity index (χ1) is 9.60. The van der Waals surface area contributed by atoms with E-state index in [1.54, 1.807) is 35.1 Å². The van der Waals surface area contributed by atoms with Gasteiger partial charge in [-0.05, 0) is 18.6 Å². The van der Waals surface area contributed by atoms with Crippen LogP contribution in [0.2, 0.25) is 10.0 Å². The average Bonchev–Trinajstić information content (AvgIpc) is 2.82. The van der Waals surface area contributed by atoms with Gasteiger partial charge in [0.25, 0.3) is 0 Å². The van der Waals surface area contributed by atoms with E-state index >= 15 is 0 Å². The normalized spacial score (nSPS) is 10.6. The van der Waals surface area contributed by atoms with Gasteiger partial charge in [0.2, 0.25) is 5.91 Å². The highest BCUT2D eigenvalue weighted by molar-refractivity contribution is 6.35. The molecule has 0 aliphatic rings. The summed E-state index contributed by atoms with van der Waals surface area (Å²) in [4.78, 5) is 11.5. The highest BCUT2D eigenvalue weighted by Crippen LogP contribution is 2.25. The molecule has 1 N–H and O–H groups in total. The van der Waals surface area contributed by atoms with Crippen LogP contribution in [0.15, 0.2) is 30.5 Å². The van der Waals surface area contributed by atoms with Crippen LogP contribution in [0.5, 0.6) is 0 Å². The molecule has 0 bridgehead atoms. The third-order valence-corrected chi connectivity index (χ3v) is 3.48. The van der Waals surface area contributed by atoms with E-state index < -0.39 is 0 Å². The number of carbonyl (C=O) groups excluding carboxylic acids is 1. The van der Waals surface area contributed by atoms with Crippen molar-refractivity contribution in [3.8, 4) is 0 Å². The van der Waals surface area contributed by atoms with E-state index in [9.17, 15) is 4.79 Å². The zero-order valence-electron chi connectivity index (χ0n) is 11.1. The van der Waals surface area contributed by atoms with Crippen LogP contribution in [0.1, 0.15) is 25.3 Å². The second kappa shape index (κ2) is 6.77. The molecular weight excluding hydrogens is 297 g/mol. The first-order valence-corrected chi connectivity index (χ1v) is 7.12. The summed E-state index contributed by atoms with van der Waals surface area (Å²) in [6, 6.07) is 7.12. The monoisotopic (exact) mass is 311 g/mol. The highest BCUT2D eigenvalue weighted by atomic mass is 35.5. The predicted molar refractivity (Wildman–Crippen MR) is 81.3 cm³/mol. The Kier molecular flexibility index (Phi) is 5.04. The van der Waals surface area contributed by atoms with Gasteiger partial charge in [-0.25, -0.2) is 0 Å². The van der Waals surface area contributed by atoms with E-state index in [1.807, 2.05) is 6.92 Å². The minimum Gasteiger partial charge on any atom is -0.309 e. The highest BCUT2D eigenvalue weighted by Gasteiger charge is 2.08. The van der Waals surface area contributed by atoms with Crippen molar-refractivity contribution in [3.05, 3.63) is 46.1 Å². The van der Waals surface area contributed by atoms with E-state index in [4.69, 9.17) is 23.2 Å². The first-order valence-electron chi connectivity index (χ1n) is 6.36. The van der Waals surface area contributed by atoms with Crippen molar-refractivity contribution in [1.29, 1.82) is 0 Å².